The van der Waals surface area contributed by atoms with Crippen molar-refractivity contribution in [3.8, 4) is 44.6 Å². The molecule has 1 aromatic heterocycles. The lowest BCUT2D eigenvalue weighted by Gasteiger charge is -2.30. The van der Waals surface area contributed by atoms with Gasteiger partial charge in [0.15, 0.2) is 0 Å². The number of aryl methyl sites for hydroxylation is 6. The number of rotatable bonds is 7. The minimum Gasteiger partial charge on any atom is -0.256 e. The van der Waals surface area contributed by atoms with Gasteiger partial charge in [-0.2, -0.15) is 0 Å². The molecule has 0 spiro atoms. The Morgan fingerprint density at radius 1 is 0.441 bits per heavy atom. The third-order valence-corrected chi connectivity index (χ3v) is 12.5. The molecule has 9 rings (SSSR count). The van der Waals surface area contributed by atoms with Crippen molar-refractivity contribution in [3.05, 3.63) is 208 Å². The molecule has 1 aliphatic rings. The van der Waals surface area contributed by atoms with E-state index in [1.165, 1.54) is 94.2 Å². The standard InChI is InChI=1S/C34H31N.C17H20.C7H8/c1-5-34(6-2)30-21-24(25-17-22(3)18-26(20-25)32-13-9-10-16-35-32)14-15-29(30)33-28-12-8-7-11-27(28)23(4)19-31(33)34;1-4-14-10-11-16(13(3)12-14)17-9-7-6-8-15(17)5-2;1-7-5-3-2-4-6-7/h7-21H,5-6H2,1-4H3;6-12H,4-5H2,1-3H3;2-6H,1H3. The molecule has 1 nitrogen and oxygen atoms in total. The largest absolute Gasteiger partial charge is 0.256 e. The van der Waals surface area contributed by atoms with Crippen molar-refractivity contribution in [2.45, 2.75) is 86.5 Å². The number of aromatic nitrogens is 1. The van der Waals surface area contributed by atoms with Crippen LogP contribution in [0.2, 0.25) is 0 Å². The third-order valence-electron chi connectivity index (χ3n) is 12.5. The van der Waals surface area contributed by atoms with Gasteiger partial charge in [-0.05, 0) is 167 Å². The van der Waals surface area contributed by atoms with E-state index in [1.54, 1.807) is 0 Å². The summed E-state index contributed by atoms with van der Waals surface area (Å²) in [5.74, 6) is 0. The smallest absolute Gasteiger partial charge is 0.0702 e. The molecule has 7 aromatic carbocycles. The van der Waals surface area contributed by atoms with Gasteiger partial charge in [0, 0.05) is 17.2 Å². The number of hydrogen-bond acceptors (Lipinski definition) is 1. The molecule has 0 N–H and O–H groups in total. The van der Waals surface area contributed by atoms with Crippen LogP contribution in [0.1, 0.15) is 85.0 Å². The van der Waals surface area contributed by atoms with E-state index in [4.69, 9.17) is 0 Å². The summed E-state index contributed by atoms with van der Waals surface area (Å²) in [6.07, 6.45) is 6.25. The van der Waals surface area contributed by atoms with Crippen molar-refractivity contribution >= 4 is 10.8 Å². The second-order valence-electron chi connectivity index (χ2n) is 16.2. The average Bonchev–Trinajstić information content (AvgIpc) is 3.56. The zero-order valence-corrected chi connectivity index (χ0v) is 36.4. The molecule has 8 aromatic rings. The van der Waals surface area contributed by atoms with E-state index in [-0.39, 0.29) is 5.41 Å². The van der Waals surface area contributed by atoms with Crippen LogP contribution in [0, 0.1) is 27.7 Å². The summed E-state index contributed by atoms with van der Waals surface area (Å²) < 4.78 is 0. The molecule has 0 radical (unpaired) electrons. The topological polar surface area (TPSA) is 12.9 Å². The van der Waals surface area contributed by atoms with Crippen LogP contribution >= 0.6 is 0 Å². The predicted octanol–water partition coefficient (Wildman–Crippen LogP) is 16.1. The second kappa shape index (κ2) is 18.3. The van der Waals surface area contributed by atoms with Gasteiger partial charge < -0.3 is 0 Å². The Kier molecular flexibility index (Phi) is 12.7. The van der Waals surface area contributed by atoms with Crippen molar-refractivity contribution in [2.75, 3.05) is 0 Å². The van der Waals surface area contributed by atoms with Gasteiger partial charge >= 0.3 is 0 Å². The van der Waals surface area contributed by atoms with Crippen molar-refractivity contribution in [1.29, 1.82) is 0 Å². The van der Waals surface area contributed by atoms with Gasteiger partial charge in [0.1, 0.15) is 0 Å². The van der Waals surface area contributed by atoms with E-state index < -0.39 is 0 Å². The lowest BCUT2D eigenvalue weighted by molar-refractivity contribution is 0.490. The SMILES string of the molecule is CCC1(CC)c2cc(-c3cc(C)cc(-c4ccccn4)c3)ccc2-c2c1cc(C)c1ccccc21.CCc1ccc(-c2ccccc2CC)c(C)c1.Cc1ccccc1. The Hall–Kier alpha value is -6.05. The summed E-state index contributed by atoms with van der Waals surface area (Å²) in [6, 6.07) is 57.3. The van der Waals surface area contributed by atoms with Gasteiger partial charge in [0.2, 0.25) is 0 Å². The molecule has 0 saturated heterocycles. The van der Waals surface area contributed by atoms with Gasteiger partial charge in [-0.15, -0.1) is 0 Å². The number of pyridine rings is 1. The predicted molar refractivity (Wildman–Crippen MR) is 255 cm³/mol. The summed E-state index contributed by atoms with van der Waals surface area (Å²) >= 11 is 0. The fourth-order valence-electron chi connectivity index (χ4n) is 9.22. The average molecular weight is 770 g/mol. The van der Waals surface area contributed by atoms with Crippen LogP contribution in [0.5, 0.6) is 0 Å². The van der Waals surface area contributed by atoms with Crippen molar-refractivity contribution in [2.24, 2.45) is 0 Å². The number of fused-ring (bicyclic) bond motifs is 5. The van der Waals surface area contributed by atoms with E-state index in [1.807, 2.05) is 30.5 Å². The van der Waals surface area contributed by atoms with Gasteiger partial charge in [0.25, 0.3) is 0 Å². The monoisotopic (exact) mass is 769 g/mol. The molecule has 0 unspecified atom stereocenters. The minimum atomic E-state index is 0.0448. The first-order valence-corrected chi connectivity index (χ1v) is 21.6. The lowest BCUT2D eigenvalue weighted by Crippen LogP contribution is -2.23. The second-order valence-corrected chi connectivity index (χ2v) is 16.2. The Balaban J connectivity index is 0.000000181. The first-order valence-electron chi connectivity index (χ1n) is 21.6. The van der Waals surface area contributed by atoms with Gasteiger partial charge in [-0.3, -0.25) is 4.98 Å². The maximum absolute atomic E-state index is 4.60. The summed E-state index contributed by atoms with van der Waals surface area (Å²) in [7, 11) is 0. The Labute approximate surface area is 353 Å². The highest BCUT2D eigenvalue weighted by atomic mass is 14.7. The number of hydrogen-bond donors (Lipinski definition) is 0. The molecule has 1 heteroatoms. The molecule has 0 fully saturated rings. The highest BCUT2D eigenvalue weighted by Crippen LogP contribution is 2.56. The fourth-order valence-corrected chi connectivity index (χ4v) is 9.22. The van der Waals surface area contributed by atoms with Crippen molar-refractivity contribution in [1.82, 2.24) is 4.98 Å². The molecule has 1 heterocycles. The zero-order chi connectivity index (χ0) is 41.5. The molecule has 0 aliphatic heterocycles. The van der Waals surface area contributed by atoms with Crippen LogP contribution in [0.25, 0.3) is 55.4 Å². The highest BCUT2D eigenvalue weighted by Gasteiger charge is 2.41. The van der Waals surface area contributed by atoms with Crippen LogP contribution < -0.4 is 0 Å². The van der Waals surface area contributed by atoms with E-state index >= 15 is 0 Å². The van der Waals surface area contributed by atoms with Crippen molar-refractivity contribution in [3.63, 3.8) is 0 Å². The van der Waals surface area contributed by atoms with E-state index in [9.17, 15) is 0 Å². The molecule has 1 aliphatic carbocycles. The molecule has 59 heavy (non-hydrogen) atoms. The van der Waals surface area contributed by atoms with Crippen LogP contribution in [0.4, 0.5) is 0 Å². The molecule has 0 bridgehead atoms. The maximum atomic E-state index is 4.60. The lowest BCUT2D eigenvalue weighted by atomic mass is 9.73. The summed E-state index contributed by atoms with van der Waals surface area (Å²) in [5.41, 5.74) is 21.5. The summed E-state index contributed by atoms with van der Waals surface area (Å²) in [4.78, 5) is 4.60. The molecule has 296 valence electrons. The third kappa shape index (κ3) is 8.44. The number of nitrogens with zero attached hydrogens (tertiary/aromatic N) is 1. The van der Waals surface area contributed by atoms with E-state index in [0.717, 1.165) is 31.4 Å². The molecule has 0 amide bonds. The van der Waals surface area contributed by atoms with Gasteiger partial charge in [0.05, 0.1) is 5.69 Å². The maximum Gasteiger partial charge on any atom is 0.0702 e. The molecule has 0 saturated carbocycles. The van der Waals surface area contributed by atoms with Crippen LogP contribution in [-0.4, -0.2) is 4.98 Å². The fraction of sp³-hybridized carbons (Fsp3) is 0.224. The minimum absolute atomic E-state index is 0.0448. The number of benzene rings is 7. The molecular formula is C58H59N. The first kappa shape index (κ1) is 41.1. The van der Waals surface area contributed by atoms with Crippen molar-refractivity contribution < 1.29 is 0 Å². The molecule has 0 atom stereocenters. The summed E-state index contributed by atoms with van der Waals surface area (Å²) in [6.45, 7) is 17.9. The normalized spacial score (nSPS) is 12.1. The quantitative estimate of drug-likeness (QED) is 0.157. The Bertz CT molecular complexity index is 2680. The van der Waals surface area contributed by atoms with Gasteiger partial charge in [-0.1, -0.05) is 161 Å². The molecular weight excluding hydrogens is 711 g/mol. The van der Waals surface area contributed by atoms with Crippen LogP contribution in [0.3, 0.4) is 0 Å². The Morgan fingerprint density at radius 2 is 1.12 bits per heavy atom. The Morgan fingerprint density at radius 3 is 1.78 bits per heavy atom. The first-order chi connectivity index (χ1) is 28.7. The highest BCUT2D eigenvalue weighted by molar-refractivity contribution is 6.04. The van der Waals surface area contributed by atoms with E-state index in [0.29, 0.717) is 0 Å². The van der Waals surface area contributed by atoms with Gasteiger partial charge in [-0.25, -0.2) is 0 Å². The van der Waals surface area contributed by atoms with E-state index in [2.05, 4.69) is 194 Å². The van der Waals surface area contributed by atoms with Crippen LogP contribution in [-0.2, 0) is 18.3 Å². The summed E-state index contributed by atoms with van der Waals surface area (Å²) in [5, 5.41) is 2.75. The van der Waals surface area contributed by atoms with Crippen LogP contribution in [0.15, 0.2) is 164 Å². The zero-order valence-electron chi connectivity index (χ0n) is 36.4.